The van der Waals surface area contributed by atoms with E-state index in [1.165, 1.54) is 12.3 Å². The van der Waals surface area contributed by atoms with Crippen LogP contribution >= 0.6 is 11.6 Å². The predicted molar refractivity (Wildman–Crippen MR) is 83.0 cm³/mol. The normalized spacial score (nSPS) is 11.1. The van der Waals surface area contributed by atoms with Crippen LogP contribution in [0, 0.1) is 0 Å². The van der Waals surface area contributed by atoms with Crippen molar-refractivity contribution in [3.05, 3.63) is 47.6 Å². The summed E-state index contributed by atoms with van der Waals surface area (Å²) in [6.07, 6.45) is 1.42. The van der Waals surface area contributed by atoms with Crippen molar-refractivity contribution in [1.29, 1.82) is 0 Å². The molecule has 0 saturated carbocycles. The van der Waals surface area contributed by atoms with E-state index >= 15 is 0 Å². The lowest BCUT2D eigenvalue weighted by atomic mass is 10.3. The van der Waals surface area contributed by atoms with E-state index in [2.05, 4.69) is 9.71 Å². The van der Waals surface area contributed by atoms with Crippen LogP contribution in [0.1, 0.15) is 0 Å². The predicted octanol–water partition coefficient (Wildman–Crippen LogP) is 2.14. The van der Waals surface area contributed by atoms with Crippen molar-refractivity contribution in [3.63, 3.8) is 0 Å². The molecule has 0 bridgehead atoms. The van der Waals surface area contributed by atoms with Gasteiger partial charge in [0.1, 0.15) is 23.9 Å². The lowest BCUT2D eigenvalue weighted by Crippen LogP contribution is -2.21. The number of nitrogens with zero attached hydrogens (tertiary/aromatic N) is 1. The lowest BCUT2D eigenvalue weighted by Gasteiger charge is -2.09. The maximum absolute atomic E-state index is 11.9. The van der Waals surface area contributed by atoms with Crippen LogP contribution in [0.3, 0.4) is 0 Å². The summed E-state index contributed by atoms with van der Waals surface area (Å²) in [5.41, 5.74) is 6.15. The Bertz CT molecular complexity index is 722. The highest BCUT2D eigenvalue weighted by Gasteiger charge is 2.11. The molecule has 21 heavy (non-hydrogen) atoms. The zero-order valence-corrected chi connectivity index (χ0v) is 12.6. The first-order valence-corrected chi connectivity index (χ1v) is 8.08. The highest BCUT2D eigenvalue weighted by Crippen LogP contribution is 2.15. The number of nitrogens with one attached hydrogen (secondary N) is 1. The maximum atomic E-state index is 11.9. The Morgan fingerprint density at radius 2 is 2.10 bits per heavy atom. The fourth-order valence-corrected chi connectivity index (χ4v) is 2.54. The van der Waals surface area contributed by atoms with Gasteiger partial charge in [-0.05, 0) is 18.2 Å². The number of ether oxygens (including phenoxy) is 1. The van der Waals surface area contributed by atoms with Gasteiger partial charge in [0.15, 0.2) is 0 Å². The number of nitrogen functional groups attached to an aromatic ring is 1. The number of hydrogen-bond acceptors (Lipinski definition) is 5. The maximum Gasteiger partial charge on any atom is 0.237 e. The van der Waals surface area contributed by atoms with E-state index in [-0.39, 0.29) is 18.2 Å². The second kappa shape index (κ2) is 6.64. The van der Waals surface area contributed by atoms with Gasteiger partial charge in [-0.2, -0.15) is 0 Å². The summed E-state index contributed by atoms with van der Waals surface area (Å²) in [6, 6.07) is 9.76. The first kappa shape index (κ1) is 15.4. The second-order valence-corrected chi connectivity index (χ2v) is 6.48. The molecule has 8 heteroatoms. The summed E-state index contributed by atoms with van der Waals surface area (Å²) in [5, 5.41) is 0.402. The van der Waals surface area contributed by atoms with Gasteiger partial charge in [0.2, 0.25) is 10.0 Å². The van der Waals surface area contributed by atoms with Crippen molar-refractivity contribution >= 4 is 33.1 Å². The van der Waals surface area contributed by atoms with Gasteiger partial charge >= 0.3 is 0 Å². The Kier molecular flexibility index (Phi) is 4.87. The summed E-state index contributed by atoms with van der Waals surface area (Å²) in [4.78, 5) is 3.87. The van der Waals surface area contributed by atoms with Gasteiger partial charge in [0.25, 0.3) is 0 Å². The molecule has 0 amide bonds. The summed E-state index contributed by atoms with van der Waals surface area (Å²) >= 11 is 5.76. The van der Waals surface area contributed by atoms with Crippen LogP contribution in [0.25, 0.3) is 0 Å². The molecule has 1 aromatic heterocycles. The number of pyridine rings is 1. The first-order chi connectivity index (χ1) is 9.94. The van der Waals surface area contributed by atoms with Gasteiger partial charge in [0.05, 0.1) is 0 Å². The van der Waals surface area contributed by atoms with Crippen molar-refractivity contribution in [3.8, 4) is 5.75 Å². The SMILES string of the molecule is Nc1cccc(OCCS(=O)(=O)Nc2cc(Cl)ccn2)c1. The number of hydrogen-bond donors (Lipinski definition) is 2. The van der Waals surface area contributed by atoms with E-state index in [4.69, 9.17) is 22.1 Å². The van der Waals surface area contributed by atoms with Crippen LogP contribution in [0.2, 0.25) is 5.02 Å². The summed E-state index contributed by atoms with van der Waals surface area (Å²) in [5.74, 6) is 0.480. The molecule has 2 rings (SSSR count). The minimum atomic E-state index is -3.56. The molecular weight excluding hydrogens is 314 g/mol. The molecule has 0 saturated heterocycles. The minimum Gasteiger partial charge on any atom is -0.492 e. The van der Waals surface area contributed by atoms with E-state index < -0.39 is 10.0 Å². The molecule has 0 aliphatic carbocycles. The molecule has 2 aromatic rings. The van der Waals surface area contributed by atoms with Gasteiger partial charge in [-0.1, -0.05) is 17.7 Å². The van der Waals surface area contributed by atoms with Crippen molar-refractivity contribution in [2.24, 2.45) is 0 Å². The molecule has 1 heterocycles. The minimum absolute atomic E-state index is 0.000642. The first-order valence-electron chi connectivity index (χ1n) is 6.05. The largest absolute Gasteiger partial charge is 0.492 e. The number of sulfonamides is 1. The zero-order valence-electron chi connectivity index (χ0n) is 11.0. The van der Waals surface area contributed by atoms with Gasteiger partial charge < -0.3 is 10.5 Å². The number of halogens is 1. The molecule has 3 N–H and O–H groups in total. The Balaban J connectivity index is 1.90. The highest BCUT2D eigenvalue weighted by molar-refractivity contribution is 7.92. The Hall–Kier alpha value is -1.99. The quantitative estimate of drug-likeness (QED) is 0.793. The Morgan fingerprint density at radius 1 is 1.29 bits per heavy atom. The molecule has 0 aliphatic rings. The topological polar surface area (TPSA) is 94.3 Å². The van der Waals surface area contributed by atoms with E-state index in [0.29, 0.717) is 16.5 Å². The van der Waals surface area contributed by atoms with Crippen LogP contribution in [0.4, 0.5) is 11.5 Å². The fraction of sp³-hybridized carbons (Fsp3) is 0.154. The molecular formula is C13H14ClN3O3S. The summed E-state index contributed by atoms with van der Waals surface area (Å²) in [7, 11) is -3.56. The smallest absolute Gasteiger partial charge is 0.237 e. The number of aromatic nitrogens is 1. The summed E-state index contributed by atoms with van der Waals surface area (Å²) < 4.78 is 31.4. The Morgan fingerprint density at radius 3 is 2.81 bits per heavy atom. The third-order valence-electron chi connectivity index (χ3n) is 2.46. The molecule has 0 fully saturated rings. The van der Waals surface area contributed by atoms with Crippen LogP contribution < -0.4 is 15.2 Å². The molecule has 0 atom stereocenters. The Labute approximate surface area is 128 Å². The third kappa shape index (κ3) is 5.13. The third-order valence-corrected chi connectivity index (χ3v) is 3.92. The van der Waals surface area contributed by atoms with Crippen LogP contribution in [-0.4, -0.2) is 25.8 Å². The van der Waals surface area contributed by atoms with Crippen LogP contribution in [-0.2, 0) is 10.0 Å². The number of nitrogens with two attached hydrogens (primary N) is 1. The van der Waals surface area contributed by atoms with Gasteiger partial charge in [-0.15, -0.1) is 0 Å². The molecule has 6 nitrogen and oxygen atoms in total. The zero-order chi connectivity index (χ0) is 15.3. The number of benzene rings is 1. The van der Waals surface area contributed by atoms with Gasteiger partial charge in [-0.25, -0.2) is 13.4 Å². The average Bonchev–Trinajstić information content (AvgIpc) is 2.38. The van der Waals surface area contributed by atoms with E-state index in [0.717, 1.165) is 0 Å². The average molecular weight is 328 g/mol. The van der Waals surface area contributed by atoms with Gasteiger partial charge in [0, 0.05) is 29.0 Å². The van der Waals surface area contributed by atoms with Crippen LogP contribution in [0.15, 0.2) is 42.6 Å². The number of anilines is 2. The highest BCUT2D eigenvalue weighted by atomic mass is 35.5. The lowest BCUT2D eigenvalue weighted by molar-refractivity contribution is 0.341. The molecule has 0 spiro atoms. The monoisotopic (exact) mass is 327 g/mol. The van der Waals surface area contributed by atoms with E-state index in [9.17, 15) is 8.42 Å². The fourth-order valence-electron chi connectivity index (χ4n) is 1.54. The molecule has 0 radical (unpaired) electrons. The van der Waals surface area contributed by atoms with Gasteiger partial charge in [-0.3, -0.25) is 4.72 Å². The summed E-state index contributed by atoms with van der Waals surface area (Å²) in [6.45, 7) is -0.000642. The molecule has 1 aromatic carbocycles. The van der Waals surface area contributed by atoms with E-state index in [1.807, 2.05) is 0 Å². The van der Waals surface area contributed by atoms with Crippen molar-refractivity contribution in [2.45, 2.75) is 0 Å². The molecule has 0 aliphatic heterocycles. The van der Waals surface area contributed by atoms with E-state index in [1.54, 1.807) is 30.3 Å². The van der Waals surface area contributed by atoms with Crippen LogP contribution in [0.5, 0.6) is 5.75 Å². The molecule has 112 valence electrons. The van der Waals surface area contributed by atoms with Crippen molar-refractivity contribution in [1.82, 2.24) is 4.98 Å². The second-order valence-electron chi connectivity index (χ2n) is 4.20. The standard InChI is InChI=1S/C13H14ClN3O3S/c14-10-4-5-16-13(8-10)17-21(18,19)7-6-20-12-3-1-2-11(15)9-12/h1-5,8-9H,6-7,15H2,(H,16,17). The van der Waals surface area contributed by atoms with Crippen molar-refractivity contribution in [2.75, 3.05) is 22.8 Å². The number of rotatable bonds is 6. The molecule has 0 unspecified atom stereocenters. The van der Waals surface area contributed by atoms with Crippen molar-refractivity contribution < 1.29 is 13.2 Å².